The quantitative estimate of drug-likeness (QED) is 0.906. The van der Waals surface area contributed by atoms with Crippen LogP contribution < -0.4 is 0 Å². The maximum Gasteiger partial charge on any atom is 0.0902 e. The number of nitrogens with zero attached hydrogens (tertiary/aromatic N) is 1. The maximum absolute atomic E-state index is 11.0. The van der Waals surface area contributed by atoms with Crippen LogP contribution in [-0.2, 0) is 18.4 Å². The van der Waals surface area contributed by atoms with E-state index < -0.39 is 5.60 Å². The summed E-state index contributed by atoms with van der Waals surface area (Å²) >= 11 is 3.51. The van der Waals surface area contributed by atoms with E-state index in [1.807, 2.05) is 19.2 Å². The lowest BCUT2D eigenvalue weighted by Gasteiger charge is -2.39. The van der Waals surface area contributed by atoms with Crippen molar-refractivity contribution in [1.29, 1.82) is 0 Å². The minimum atomic E-state index is -0.785. The highest BCUT2D eigenvalue weighted by molar-refractivity contribution is 9.10. The first-order chi connectivity index (χ1) is 9.57. The second kappa shape index (κ2) is 5.30. The number of hydrogen-bond acceptors (Lipinski definition) is 2. The van der Waals surface area contributed by atoms with Crippen LogP contribution in [0.25, 0.3) is 0 Å². The molecule has 1 aliphatic carbocycles. The molecule has 0 saturated heterocycles. The molecule has 1 aliphatic rings. The van der Waals surface area contributed by atoms with Crippen LogP contribution in [0.5, 0.6) is 0 Å². The Hall–Kier alpha value is -1.19. The van der Waals surface area contributed by atoms with Crippen molar-refractivity contribution in [1.82, 2.24) is 4.98 Å². The Balaban J connectivity index is 1.92. The summed E-state index contributed by atoms with van der Waals surface area (Å²) in [5, 5.41) is 11.0. The lowest BCUT2D eigenvalue weighted by Crippen LogP contribution is -2.38. The smallest absolute Gasteiger partial charge is 0.0902 e. The minimum absolute atomic E-state index is 0.230. The number of halogens is 1. The van der Waals surface area contributed by atoms with Gasteiger partial charge in [0.05, 0.1) is 5.60 Å². The highest BCUT2D eigenvalue weighted by atomic mass is 79.9. The van der Waals surface area contributed by atoms with Crippen LogP contribution in [0.3, 0.4) is 0 Å². The lowest BCUT2D eigenvalue weighted by atomic mass is 9.70. The zero-order chi connectivity index (χ0) is 14.2. The van der Waals surface area contributed by atoms with Crippen molar-refractivity contribution < 1.29 is 5.11 Å². The van der Waals surface area contributed by atoms with Gasteiger partial charge in [-0.15, -0.1) is 0 Å². The van der Waals surface area contributed by atoms with Crippen molar-refractivity contribution in [2.24, 2.45) is 5.92 Å². The summed E-state index contributed by atoms with van der Waals surface area (Å²) in [7, 11) is 0. The summed E-state index contributed by atoms with van der Waals surface area (Å²) in [5.74, 6) is 0.230. The first-order valence-electron chi connectivity index (χ1n) is 6.97. The monoisotopic (exact) mass is 331 g/mol. The largest absolute Gasteiger partial charge is 0.385 e. The van der Waals surface area contributed by atoms with Gasteiger partial charge in [-0.05, 0) is 67.0 Å². The van der Waals surface area contributed by atoms with Crippen molar-refractivity contribution in [3.8, 4) is 0 Å². The Labute approximate surface area is 128 Å². The van der Waals surface area contributed by atoms with Crippen LogP contribution in [0.1, 0.15) is 30.0 Å². The Morgan fingerprint density at radius 3 is 3.00 bits per heavy atom. The fraction of sp³-hybridized carbons (Fsp3) is 0.353. The molecule has 0 spiro atoms. The molecule has 2 aromatic rings. The van der Waals surface area contributed by atoms with Crippen LogP contribution in [0.15, 0.2) is 47.2 Å². The molecule has 2 unspecified atom stereocenters. The summed E-state index contributed by atoms with van der Waals surface area (Å²) in [6.07, 6.45) is 6.59. The first kappa shape index (κ1) is 13.8. The van der Waals surface area contributed by atoms with Crippen molar-refractivity contribution in [2.45, 2.75) is 31.8 Å². The zero-order valence-corrected chi connectivity index (χ0v) is 13.1. The summed E-state index contributed by atoms with van der Waals surface area (Å²) in [4.78, 5) is 4.17. The molecule has 0 aliphatic heterocycles. The van der Waals surface area contributed by atoms with Crippen molar-refractivity contribution >= 4 is 15.9 Å². The Kier molecular flexibility index (Phi) is 3.65. The number of pyridine rings is 1. The fourth-order valence-electron chi connectivity index (χ4n) is 3.17. The van der Waals surface area contributed by atoms with Gasteiger partial charge in [0.25, 0.3) is 0 Å². The van der Waals surface area contributed by atoms with Crippen molar-refractivity contribution in [3.63, 3.8) is 0 Å². The average molecular weight is 332 g/mol. The molecular formula is C17H18BrNO. The fourth-order valence-corrected chi connectivity index (χ4v) is 3.53. The minimum Gasteiger partial charge on any atom is -0.385 e. The number of fused-ring (bicyclic) bond motifs is 1. The summed E-state index contributed by atoms with van der Waals surface area (Å²) < 4.78 is 1.03. The second-order valence-corrected chi connectivity index (χ2v) is 6.67. The highest BCUT2D eigenvalue weighted by Crippen LogP contribution is 2.41. The normalized spacial score (nSPS) is 25.2. The number of aliphatic hydroxyl groups is 1. The van der Waals surface area contributed by atoms with Gasteiger partial charge in [-0.3, -0.25) is 4.98 Å². The number of aromatic nitrogens is 1. The van der Waals surface area contributed by atoms with Gasteiger partial charge < -0.3 is 5.11 Å². The Morgan fingerprint density at radius 2 is 2.25 bits per heavy atom. The van der Waals surface area contributed by atoms with E-state index in [-0.39, 0.29) is 5.92 Å². The van der Waals surface area contributed by atoms with Gasteiger partial charge in [0.15, 0.2) is 0 Å². The Morgan fingerprint density at radius 1 is 1.40 bits per heavy atom. The van der Waals surface area contributed by atoms with E-state index in [1.54, 1.807) is 6.20 Å². The second-order valence-electron chi connectivity index (χ2n) is 5.75. The predicted molar refractivity (Wildman–Crippen MR) is 83.5 cm³/mol. The van der Waals surface area contributed by atoms with E-state index >= 15 is 0 Å². The molecule has 104 valence electrons. The first-order valence-corrected chi connectivity index (χ1v) is 7.77. The average Bonchev–Trinajstić information content (AvgIpc) is 2.44. The van der Waals surface area contributed by atoms with E-state index in [2.05, 4.69) is 45.2 Å². The summed E-state index contributed by atoms with van der Waals surface area (Å²) in [6.45, 7) is 1.94. The SMILES string of the molecule is CC1(O)c2cc(Br)ccc2CCC1Cc1cccnc1. The third-order valence-corrected chi connectivity index (χ3v) is 4.87. The molecule has 2 nitrogen and oxygen atoms in total. The van der Waals surface area contributed by atoms with Crippen molar-refractivity contribution in [3.05, 3.63) is 63.9 Å². The van der Waals surface area contributed by atoms with Gasteiger partial charge in [-0.25, -0.2) is 0 Å². The van der Waals surface area contributed by atoms with Crippen LogP contribution in [-0.4, -0.2) is 10.1 Å². The van der Waals surface area contributed by atoms with Gasteiger partial charge in [-0.1, -0.05) is 28.1 Å². The molecule has 0 fully saturated rings. The molecule has 1 N–H and O–H groups in total. The molecule has 1 aromatic heterocycles. The summed E-state index contributed by atoms with van der Waals surface area (Å²) in [6, 6.07) is 10.3. The molecule has 0 amide bonds. The molecule has 0 saturated carbocycles. The number of aryl methyl sites for hydroxylation is 1. The molecule has 0 radical (unpaired) electrons. The van der Waals surface area contributed by atoms with E-state index in [9.17, 15) is 5.11 Å². The van der Waals surface area contributed by atoms with Crippen LogP contribution in [0, 0.1) is 5.92 Å². The molecule has 1 heterocycles. The third-order valence-electron chi connectivity index (χ3n) is 4.38. The zero-order valence-electron chi connectivity index (χ0n) is 11.5. The van der Waals surface area contributed by atoms with Gasteiger partial charge >= 0.3 is 0 Å². The standard InChI is InChI=1S/C17H18BrNO/c1-17(20)14(9-12-3-2-8-19-11-12)6-4-13-5-7-15(18)10-16(13)17/h2-3,5,7-8,10-11,14,20H,4,6,9H2,1H3. The van der Waals surface area contributed by atoms with E-state index in [0.717, 1.165) is 29.3 Å². The molecule has 20 heavy (non-hydrogen) atoms. The molecule has 3 rings (SSSR count). The van der Waals surface area contributed by atoms with Crippen LogP contribution in [0.4, 0.5) is 0 Å². The topological polar surface area (TPSA) is 33.1 Å². The maximum atomic E-state index is 11.0. The van der Waals surface area contributed by atoms with Gasteiger partial charge in [0, 0.05) is 16.9 Å². The van der Waals surface area contributed by atoms with E-state index in [0.29, 0.717) is 0 Å². The van der Waals surface area contributed by atoms with Crippen LogP contribution in [0.2, 0.25) is 0 Å². The Bertz CT molecular complexity index is 610. The van der Waals surface area contributed by atoms with E-state index in [1.165, 1.54) is 11.1 Å². The van der Waals surface area contributed by atoms with Gasteiger partial charge in [-0.2, -0.15) is 0 Å². The number of rotatable bonds is 2. The molecule has 2 atom stereocenters. The lowest BCUT2D eigenvalue weighted by molar-refractivity contribution is -0.0174. The van der Waals surface area contributed by atoms with Gasteiger partial charge in [0.1, 0.15) is 0 Å². The molecule has 3 heteroatoms. The van der Waals surface area contributed by atoms with Crippen LogP contribution >= 0.6 is 15.9 Å². The van der Waals surface area contributed by atoms with Crippen molar-refractivity contribution in [2.75, 3.05) is 0 Å². The highest BCUT2D eigenvalue weighted by Gasteiger charge is 2.38. The predicted octanol–water partition coefficient (Wildman–Crippen LogP) is 3.86. The molecular weight excluding hydrogens is 314 g/mol. The molecule has 0 bridgehead atoms. The molecule has 1 aromatic carbocycles. The third kappa shape index (κ3) is 2.52. The summed E-state index contributed by atoms with van der Waals surface area (Å²) in [5.41, 5.74) is 2.73. The van der Waals surface area contributed by atoms with Gasteiger partial charge in [0.2, 0.25) is 0 Å². The van der Waals surface area contributed by atoms with E-state index in [4.69, 9.17) is 0 Å². The number of benzene rings is 1. The number of hydrogen-bond donors (Lipinski definition) is 1.